The quantitative estimate of drug-likeness (QED) is 0.0147. The molecule has 8 N–H and O–H groups in total. The molecular formula is C86H97N9O8. The lowest BCUT2D eigenvalue weighted by Crippen LogP contribution is -2.38. The zero-order valence-electron chi connectivity index (χ0n) is 60.1. The number of hydrogen-bond acceptors (Lipinski definition) is 9. The van der Waals surface area contributed by atoms with Crippen LogP contribution in [0.25, 0.3) is 60.1 Å². The summed E-state index contributed by atoms with van der Waals surface area (Å²) in [6.45, 7) is 6.57. The van der Waals surface area contributed by atoms with Gasteiger partial charge in [0.05, 0.1) is 5.57 Å². The van der Waals surface area contributed by atoms with E-state index >= 15 is 0 Å². The van der Waals surface area contributed by atoms with E-state index in [2.05, 4.69) is 128 Å². The van der Waals surface area contributed by atoms with Gasteiger partial charge in [-0.2, -0.15) is 0 Å². The Balaban J connectivity index is 0.000000155. The Kier molecular flexibility index (Phi) is 25.2. The van der Waals surface area contributed by atoms with Gasteiger partial charge in [0, 0.05) is 197 Å². The standard InChI is InChI=1S/C30H31N3O4.C29H35N3O2.C27H31N3O2/c1-2-19(34)11-5-3-4-6-16-26(35)33-29(36)27(22-17-31-24-14-9-7-12-20(22)24)28(30(33)37)23-18-32-25-15-10-8-13-21(23)25;1-19-28(22-13-8-10-15-25(22)31-19)24(29-20(2)32-26-16-11-9-14-23(26)29)18-21(33)12-6-4-5-7-17-27(34)30-3;1-28-27(32)15-5-3-2-4-10-19(31)16-22(23-17-29-25-13-8-6-11-20(23)25)24-18-30-26-14-9-7-12-21(24)26/h7-10,12-15,17,23,31-32H,2-6,11,16,18H2,1H3;8-11,13-16,24,31-32H,4-7,12,17-18H2,1-3H3,(H,30,34);6-9,11-14,17-18,22,29-30H,2-5,10,15-16H2,1H3,(H,28,32). The first-order valence-corrected chi connectivity index (χ1v) is 36.9. The number of Topliss-reactive ketones (excluding diaryl/α,β-unsaturated/α-hetero) is 3. The summed E-state index contributed by atoms with van der Waals surface area (Å²) < 4.78 is 0. The monoisotopic (exact) mass is 1380 g/mol. The molecule has 17 heteroatoms. The number of unbranched alkanes of at least 4 members (excludes halogenated alkanes) is 9. The molecule has 0 aliphatic carbocycles. The molecule has 0 saturated heterocycles. The molecule has 0 bridgehead atoms. The zero-order valence-corrected chi connectivity index (χ0v) is 60.1. The summed E-state index contributed by atoms with van der Waals surface area (Å²) in [5.74, 6) is -0.866. The van der Waals surface area contributed by atoms with Crippen molar-refractivity contribution in [3.63, 3.8) is 0 Å². The average molecular weight is 1380 g/mol. The highest BCUT2D eigenvalue weighted by atomic mass is 16.2. The smallest absolute Gasteiger partial charge is 0.268 e. The number of amides is 5. The van der Waals surface area contributed by atoms with E-state index in [4.69, 9.17) is 0 Å². The molecule has 534 valence electrons. The van der Waals surface area contributed by atoms with E-state index in [0.717, 1.165) is 131 Å². The highest BCUT2D eigenvalue weighted by Gasteiger charge is 2.47. The highest BCUT2D eigenvalue weighted by molar-refractivity contribution is 6.42. The summed E-state index contributed by atoms with van der Waals surface area (Å²) in [5.41, 5.74) is 15.5. The number of imide groups is 3. The van der Waals surface area contributed by atoms with Crippen LogP contribution in [0.1, 0.15) is 204 Å². The topological polar surface area (TPSA) is 255 Å². The molecule has 0 radical (unpaired) electrons. The number of aryl methyl sites for hydroxylation is 2. The number of ketones is 3. The number of carbonyl (C=O) groups excluding carboxylic acids is 8. The maximum Gasteiger partial charge on any atom is 0.268 e. The molecule has 0 spiro atoms. The lowest BCUT2D eigenvalue weighted by atomic mass is 9.83. The maximum atomic E-state index is 13.8. The van der Waals surface area contributed by atoms with Crippen molar-refractivity contribution in [3.05, 3.63) is 215 Å². The Labute approximate surface area is 602 Å². The van der Waals surface area contributed by atoms with Crippen LogP contribution in [0.15, 0.2) is 170 Å². The predicted octanol–water partition coefficient (Wildman–Crippen LogP) is 17.6. The van der Waals surface area contributed by atoms with Gasteiger partial charge in [0.25, 0.3) is 11.8 Å². The van der Waals surface area contributed by atoms with Crippen LogP contribution in [0.5, 0.6) is 0 Å². The molecular weight excluding hydrogens is 1290 g/mol. The van der Waals surface area contributed by atoms with Gasteiger partial charge in [-0.3, -0.25) is 38.4 Å². The Hall–Kier alpha value is -10.7. The molecule has 2 aliphatic rings. The number of nitrogens with zero attached hydrogens (tertiary/aromatic N) is 1. The molecule has 11 aromatic rings. The molecule has 6 aromatic carbocycles. The van der Waals surface area contributed by atoms with Crippen molar-refractivity contribution < 1.29 is 38.4 Å². The molecule has 2 aliphatic heterocycles. The average Bonchev–Trinajstić information content (AvgIpc) is 1.60. The Morgan fingerprint density at radius 2 is 0.854 bits per heavy atom. The number of aromatic amines is 5. The third kappa shape index (κ3) is 17.5. The molecule has 1 atom stereocenters. The van der Waals surface area contributed by atoms with Crippen LogP contribution in [0, 0.1) is 13.8 Å². The fourth-order valence-electron chi connectivity index (χ4n) is 15.2. The van der Waals surface area contributed by atoms with Crippen LogP contribution in [-0.4, -0.2) is 97.3 Å². The number of fused-ring (bicyclic) bond motifs is 6. The number of benzene rings is 6. The van der Waals surface area contributed by atoms with Crippen LogP contribution in [0.3, 0.4) is 0 Å². The highest BCUT2D eigenvalue weighted by Crippen LogP contribution is 2.46. The minimum absolute atomic E-state index is 0.00282. The predicted molar refractivity (Wildman–Crippen MR) is 412 cm³/mol. The van der Waals surface area contributed by atoms with E-state index in [1.54, 1.807) is 20.3 Å². The number of rotatable bonds is 32. The van der Waals surface area contributed by atoms with Crippen molar-refractivity contribution in [2.24, 2.45) is 0 Å². The zero-order chi connectivity index (χ0) is 72.4. The molecule has 0 saturated carbocycles. The van der Waals surface area contributed by atoms with Crippen LogP contribution in [0.4, 0.5) is 5.69 Å². The number of carbonyl (C=O) groups is 8. The van der Waals surface area contributed by atoms with Gasteiger partial charge in [0.2, 0.25) is 17.7 Å². The maximum absolute atomic E-state index is 13.8. The fraction of sp³-hybridized carbons (Fsp3) is 0.349. The lowest BCUT2D eigenvalue weighted by molar-refractivity contribution is -0.148. The number of anilines is 1. The number of hydrogen-bond donors (Lipinski definition) is 8. The van der Waals surface area contributed by atoms with Crippen LogP contribution >= 0.6 is 0 Å². The molecule has 17 nitrogen and oxygen atoms in total. The minimum atomic E-state index is -0.548. The summed E-state index contributed by atoms with van der Waals surface area (Å²) >= 11 is 0. The van der Waals surface area contributed by atoms with Gasteiger partial charge in [0.1, 0.15) is 17.3 Å². The van der Waals surface area contributed by atoms with Gasteiger partial charge in [-0.05, 0) is 117 Å². The van der Waals surface area contributed by atoms with Crippen molar-refractivity contribution in [2.45, 2.75) is 173 Å². The SMILES string of the molecule is CCC(=O)CCCCCCC(=O)N1C(=O)C(c2c[nH]c3ccccc23)=C(C2CNc3ccccc32)C1=O.CNC(=O)CCCCCCC(=O)CC(c1c(C)[nH]c2ccccc12)c1c(C)[nH]c2ccccc12.CNC(=O)CCCCCCC(=O)CC(c1c[nH]c2ccccc12)c1c[nH]c2ccccc12. The van der Waals surface area contributed by atoms with Crippen molar-refractivity contribution in [1.82, 2.24) is 40.5 Å². The molecule has 5 aromatic heterocycles. The first kappa shape index (κ1) is 73.5. The summed E-state index contributed by atoms with van der Waals surface area (Å²) in [6.07, 6.45) is 20.8. The Morgan fingerprint density at radius 1 is 0.447 bits per heavy atom. The lowest BCUT2D eigenvalue weighted by Gasteiger charge is -2.19. The van der Waals surface area contributed by atoms with E-state index in [1.165, 1.54) is 43.8 Å². The fourth-order valence-corrected chi connectivity index (χ4v) is 15.2. The van der Waals surface area contributed by atoms with Gasteiger partial charge in [-0.1, -0.05) is 155 Å². The largest absolute Gasteiger partial charge is 0.384 e. The summed E-state index contributed by atoms with van der Waals surface area (Å²) in [5, 5.41) is 14.2. The van der Waals surface area contributed by atoms with E-state index in [9.17, 15) is 38.4 Å². The second-order valence-electron chi connectivity index (χ2n) is 27.5. The molecule has 1 unspecified atom stereocenters. The van der Waals surface area contributed by atoms with Gasteiger partial charge in [-0.25, -0.2) is 4.90 Å². The van der Waals surface area contributed by atoms with Crippen molar-refractivity contribution in [2.75, 3.05) is 26.0 Å². The molecule has 0 fully saturated rings. The normalized spacial score (nSPS) is 13.5. The van der Waals surface area contributed by atoms with Crippen molar-refractivity contribution in [1.29, 1.82) is 0 Å². The van der Waals surface area contributed by atoms with Gasteiger partial charge in [0.15, 0.2) is 0 Å². The van der Waals surface area contributed by atoms with E-state index < -0.39 is 17.7 Å². The number of H-pyrrole nitrogens is 5. The Morgan fingerprint density at radius 3 is 1.36 bits per heavy atom. The Bertz CT molecular complexity index is 4730. The van der Waals surface area contributed by atoms with Crippen LogP contribution in [0.2, 0.25) is 0 Å². The summed E-state index contributed by atoms with van der Waals surface area (Å²) in [7, 11) is 3.33. The molecule has 7 heterocycles. The molecule has 13 rings (SSSR count). The van der Waals surface area contributed by atoms with Gasteiger partial charge in [-0.15, -0.1) is 0 Å². The first-order chi connectivity index (χ1) is 50.2. The second-order valence-corrected chi connectivity index (χ2v) is 27.5. The van der Waals surface area contributed by atoms with Crippen LogP contribution in [-0.2, 0) is 38.4 Å². The summed E-state index contributed by atoms with van der Waals surface area (Å²) in [4.78, 5) is 119. The molecule has 103 heavy (non-hydrogen) atoms. The first-order valence-electron chi connectivity index (χ1n) is 36.9. The van der Waals surface area contributed by atoms with Crippen molar-refractivity contribution >= 4 is 113 Å². The van der Waals surface area contributed by atoms with Gasteiger partial charge < -0.3 is 40.9 Å². The number of para-hydroxylation sites is 6. The van der Waals surface area contributed by atoms with Gasteiger partial charge >= 0.3 is 0 Å². The third-order valence-corrected chi connectivity index (χ3v) is 20.6. The molecule has 5 amide bonds. The van der Waals surface area contributed by atoms with E-state index in [-0.39, 0.29) is 47.6 Å². The van der Waals surface area contributed by atoms with E-state index in [1.807, 2.05) is 91.9 Å². The third-order valence-electron chi connectivity index (χ3n) is 20.6. The number of aromatic nitrogens is 5. The number of nitrogens with one attached hydrogen (secondary N) is 8. The summed E-state index contributed by atoms with van der Waals surface area (Å²) in [6, 6.07) is 48.7. The van der Waals surface area contributed by atoms with Crippen molar-refractivity contribution in [3.8, 4) is 0 Å². The van der Waals surface area contributed by atoms with E-state index in [0.29, 0.717) is 86.8 Å². The second kappa shape index (κ2) is 35.3. The van der Waals surface area contributed by atoms with Crippen LogP contribution < -0.4 is 16.0 Å². The minimum Gasteiger partial charge on any atom is -0.384 e.